The Morgan fingerprint density at radius 3 is 2.38 bits per heavy atom. The molecular weight excluding hydrogens is 124 g/mol. The van der Waals surface area contributed by atoms with Gasteiger partial charge in [-0.15, -0.1) is 0 Å². The molecule has 8 heavy (non-hydrogen) atoms. The van der Waals surface area contributed by atoms with Gasteiger partial charge in [-0.1, -0.05) is 25.4 Å². The first kappa shape index (κ1) is 7.99. The minimum atomic E-state index is 0.0387. The molecule has 0 saturated carbocycles. The van der Waals surface area contributed by atoms with Crippen LogP contribution < -0.4 is 0 Å². The number of hydrogen-bond donors (Lipinski definition) is 1. The van der Waals surface area contributed by atoms with Crippen molar-refractivity contribution in [1.29, 1.82) is 0 Å². The third-order valence-electron chi connectivity index (χ3n) is 0.838. The largest absolute Gasteiger partial charge is 0.392 e. The number of rotatable bonds is 2. The fourth-order valence-corrected chi connectivity index (χ4v) is 0.392. The lowest BCUT2D eigenvalue weighted by molar-refractivity contribution is 0.341. The van der Waals surface area contributed by atoms with Gasteiger partial charge in [0.15, 0.2) is 0 Å². The van der Waals surface area contributed by atoms with Crippen LogP contribution in [0.25, 0.3) is 0 Å². The Labute approximate surface area is 55.0 Å². The van der Waals surface area contributed by atoms with Gasteiger partial charge < -0.3 is 5.11 Å². The fraction of sp³-hybridized carbons (Fsp3) is 0.667. The van der Waals surface area contributed by atoms with Crippen LogP contribution in [-0.2, 0) is 0 Å². The number of hydrogen-bond acceptors (Lipinski definition) is 1. The predicted octanol–water partition coefficient (Wildman–Crippen LogP) is 1.76. The topological polar surface area (TPSA) is 20.2 Å². The van der Waals surface area contributed by atoms with Gasteiger partial charge in [-0.3, -0.25) is 0 Å². The van der Waals surface area contributed by atoms with Gasteiger partial charge in [0.25, 0.3) is 0 Å². The molecule has 0 aliphatic heterocycles. The van der Waals surface area contributed by atoms with Crippen LogP contribution in [0.4, 0.5) is 0 Å². The maximum Gasteiger partial charge on any atom is 0.0626 e. The van der Waals surface area contributed by atoms with Gasteiger partial charge in [0, 0.05) is 5.03 Å². The molecule has 0 saturated heterocycles. The van der Waals surface area contributed by atoms with E-state index in [1.54, 1.807) is 6.08 Å². The van der Waals surface area contributed by atoms with Crippen molar-refractivity contribution in [2.24, 2.45) is 5.92 Å². The zero-order valence-corrected chi connectivity index (χ0v) is 5.94. The highest BCUT2D eigenvalue weighted by molar-refractivity contribution is 6.29. The highest BCUT2D eigenvalue weighted by Crippen LogP contribution is 2.12. The number of halogens is 1. The molecular formula is C6H11ClO. The molecule has 0 aliphatic rings. The first-order valence-electron chi connectivity index (χ1n) is 2.65. The van der Waals surface area contributed by atoms with Crippen molar-refractivity contribution >= 4 is 11.6 Å². The second-order valence-electron chi connectivity index (χ2n) is 1.93. The number of aliphatic hydroxyl groups is 1. The highest BCUT2D eigenvalue weighted by Gasteiger charge is 1.95. The number of allylic oxidation sites excluding steroid dienone is 1. The van der Waals surface area contributed by atoms with Crippen LogP contribution in [-0.4, -0.2) is 11.7 Å². The van der Waals surface area contributed by atoms with Gasteiger partial charge in [-0.25, -0.2) is 0 Å². The molecule has 0 radical (unpaired) electrons. The molecule has 0 unspecified atom stereocenters. The third kappa shape index (κ3) is 3.05. The summed E-state index contributed by atoms with van der Waals surface area (Å²) >= 11 is 5.62. The molecule has 2 heteroatoms. The van der Waals surface area contributed by atoms with Crippen LogP contribution >= 0.6 is 11.6 Å². The Bertz CT molecular complexity index is 86.5. The average molecular weight is 135 g/mol. The second kappa shape index (κ2) is 3.93. The van der Waals surface area contributed by atoms with E-state index in [0.29, 0.717) is 5.92 Å². The van der Waals surface area contributed by atoms with E-state index in [1.165, 1.54) is 0 Å². The Morgan fingerprint density at radius 1 is 1.75 bits per heavy atom. The molecule has 0 rings (SSSR count). The van der Waals surface area contributed by atoms with Gasteiger partial charge in [-0.2, -0.15) is 0 Å². The van der Waals surface area contributed by atoms with Crippen LogP contribution in [0, 0.1) is 5.92 Å². The van der Waals surface area contributed by atoms with Crippen LogP contribution in [0.2, 0.25) is 0 Å². The van der Waals surface area contributed by atoms with Crippen LogP contribution in [0.1, 0.15) is 13.8 Å². The molecule has 0 amide bonds. The molecule has 1 nitrogen and oxygen atoms in total. The predicted molar refractivity (Wildman–Crippen MR) is 35.9 cm³/mol. The smallest absolute Gasteiger partial charge is 0.0626 e. The van der Waals surface area contributed by atoms with E-state index in [9.17, 15) is 0 Å². The summed E-state index contributed by atoms with van der Waals surface area (Å²) in [5.41, 5.74) is 0. The lowest BCUT2D eigenvalue weighted by Crippen LogP contribution is -1.86. The molecule has 0 aromatic rings. The summed E-state index contributed by atoms with van der Waals surface area (Å²) in [7, 11) is 0. The van der Waals surface area contributed by atoms with Crippen molar-refractivity contribution in [3.05, 3.63) is 11.1 Å². The average Bonchev–Trinajstić information content (AvgIpc) is 1.67. The third-order valence-corrected chi connectivity index (χ3v) is 1.43. The van der Waals surface area contributed by atoms with Crippen molar-refractivity contribution in [3.8, 4) is 0 Å². The van der Waals surface area contributed by atoms with Crippen LogP contribution in [0.5, 0.6) is 0 Å². The van der Waals surface area contributed by atoms with E-state index in [2.05, 4.69) is 0 Å². The van der Waals surface area contributed by atoms with Crippen molar-refractivity contribution in [2.45, 2.75) is 13.8 Å². The summed E-state index contributed by atoms with van der Waals surface area (Å²) in [6, 6.07) is 0. The molecule has 0 bridgehead atoms. The lowest BCUT2D eigenvalue weighted by atomic mass is 10.2. The Kier molecular flexibility index (Phi) is 3.92. The van der Waals surface area contributed by atoms with Gasteiger partial charge >= 0.3 is 0 Å². The van der Waals surface area contributed by atoms with Gasteiger partial charge in [0.1, 0.15) is 0 Å². The first-order chi connectivity index (χ1) is 3.68. The van der Waals surface area contributed by atoms with Crippen molar-refractivity contribution in [2.75, 3.05) is 6.61 Å². The summed E-state index contributed by atoms with van der Waals surface area (Å²) < 4.78 is 0. The van der Waals surface area contributed by atoms with E-state index >= 15 is 0 Å². The molecule has 0 atom stereocenters. The SMILES string of the molecule is CC(C)/C(Cl)=C/CO. The van der Waals surface area contributed by atoms with Crippen LogP contribution in [0.15, 0.2) is 11.1 Å². The van der Waals surface area contributed by atoms with Crippen LogP contribution in [0.3, 0.4) is 0 Å². The van der Waals surface area contributed by atoms with Crippen molar-refractivity contribution < 1.29 is 5.11 Å². The molecule has 0 fully saturated rings. The van der Waals surface area contributed by atoms with E-state index in [1.807, 2.05) is 13.8 Å². The summed E-state index contributed by atoms with van der Waals surface area (Å²) in [4.78, 5) is 0. The molecule has 0 spiro atoms. The van der Waals surface area contributed by atoms with Gasteiger partial charge in [0.2, 0.25) is 0 Å². The molecule has 0 aromatic heterocycles. The Balaban J connectivity index is 3.61. The van der Waals surface area contributed by atoms with Crippen molar-refractivity contribution in [3.63, 3.8) is 0 Å². The molecule has 0 aliphatic carbocycles. The normalized spacial score (nSPS) is 12.9. The van der Waals surface area contributed by atoms with Gasteiger partial charge in [-0.05, 0) is 12.0 Å². The van der Waals surface area contributed by atoms with Crippen molar-refractivity contribution in [1.82, 2.24) is 0 Å². The molecule has 1 N–H and O–H groups in total. The monoisotopic (exact) mass is 134 g/mol. The zero-order valence-electron chi connectivity index (χ0n) is 5.19. The highest BCUT2D eigenvalue weighted by atomic mass is 35.5. The lowest BCUT2D eigenvalue weighted by Gasteiger charge is -1.98. The minimum absolute atomic E-state index is 0.0387. The van der Waals surface area contributed by atoms with E-state index in [4.69, 9.17) is 16.7 Å². The summed E-state index contributed by atoms with van der Waals surface area (Å²) in [6.45, 7) is 4.00. The maximum atomic E-state index is 8.32. The van der Waals surface area contributed by atoms with E-state index < -0.39 is 0 Å². The minimum Gasteiger partial charge on any atom is -0.392 e. The summed E-state index contributed by atoms with van der Waals surface area (Å²) in [5.74, 6) is 0.337. The number of aliphatic hydroxyl groups excluding tert-OH is 1. The Morgan fingerprint density at radius 2 is 2.25 bits per heavy atom. The fourth-order valence-electron chi connectivity index (χ4n) is 0.323. The summed E-state index contributed by atoms with van der Waals surface area (Å²) in [6.07, 6.45) is 1.60. The first-order valence-corrected chi connectivity index (χ1v) is 3.02. The Hall–Kier alpha value is -0.0100. The molecule has 0 heterocycles. The quantitative estimate of drug-likeness (QED) is 0.610. The molecule has 48 valence electrons. The molecule has 0 aromatic carbocycles. The van der Waals surface area contributed by atoms with Gasteiger partial charge in [0.05, 0.1) is 6.61 Å². The maximum absolute atomic E-state index is 8.32. The zero-order chi connectivity index (χ0) is 6.57. The standard InChI is InChI=1S/C6H11ClO/c1-5(2)6(7)3-4-8/h3,5,8H,4H2,1-2H3/b6-3-. The van der Waals surface area contributed by atoms with E-state index in [0.717, 1.165) is 5.03 Å². The van der Waals surface area contributed by atoms with E-state index in [-0.39, 0.29) is 6.61 Å². The second-order valence-corrected chi connectivity index (χ2v) is 2.36. The summed E-state index contributed by atoms with van der Waals surface area (Å²) in [5, 5.41) is 9.05.